The number of hydrogen-bond donors (Lipinski definition) is 1. The van der Waals surface area contributed by atoms with E-state index in [0.717, 1.165) is 18.5 Å². The maximum atomic E-state index is 11.2. The van der Waals surface area contributed by atoms with Crippen molar-refractivity contribution in [1.29, 1.82) is 0 Å². The Balaban J connectivity index is 2.35. The van der Waals surface area contributed by atoms with Gasteiger partial charge < -0.3 is 5.11 Å². The Labute approximate surface area is 107 Å². The van der Waals surface area contributed by atoms with Crippen molar-refractivity contribution in [3.63, 3.8) is 0 Å². The van der Waals surface area contributed by atoms with Crippen LogP contribution in [0.5, 0.6) is 0 Å². The first-order valence-electron chi connectivity index (χ1n) is 6.69. The smallest absolute Gasteiger partial charge is 0.358 e. The minimum absolute atomic E-state index is 0.114. The summed E-state index contributed by atoms with van der Waals surface area (Å²) in [6.45, 7) is 6.23. The van der Waals surface area contributed by atoms with Crippen LogP contribution in [-0.2, 0) is 0 Å². The van der Waals surface area contributed by atoms with E-state index in [0.29, 0.717) is 12.0 Å². The van der Waals surface area contributed by atoms with E-state index in [2.05, 4.69) is 17.2 Å². The van der Waals surface area contributed by atoms with Gasteiger partial charge in [0.15, 0.2) is 5.69 Å². The van der Waals surface area contributed by atoms with Gasteiger partial charge in [-0.15, -0.1) is 5.10 Å². The van der Waals surface area contributed by atoms with Gasteiger partial charge >= 0.3 is 5.97 Å². The summed E-state index contributed by atoms with van der Waals surface area (Å²) in [5, 5.41) is 17.1. The molecule has 0 saturated heterocycles. The number of aromatic carboxylic acids is 1. The van der Waals surface area contributed by atoms with Crippen molar-refractivity contribution >= 4 is 5.97 Å². The van der Waals surface area contributed by atoms with Crippen LogP contribution in [0.3, 0.4) is 0 Å². The lowest BCUT2D eigenvalue weighted by molar-refractivity contribution is 0.0688. The second-order valence-corrected chi connectivity index (χ2v) is 5.65. The fraction of sp³-hybridized carbons (Fsp3) is 0.769. The number of nitrogens with zero attached hydrogens (tertiary/aromatic N) is 3. The lowest BCUT2D eigenvalue weighted by Gasteiger charge is -2.28. The van der Waals surface area contributed by atoms with Crippen LogP contribution >= 0.6 is 0 Å². The van der Waals surface area contributed by atoms with Crippen LogP contribution in [0.1, 0.15) is 74.6 Å². The first-order valence-corrected chi connectivity index (χ1v) is 6.69. The number of carboxylic acids is 1. The molecule has 1 fully saturated rings. The summed E-state index contributed by atoms with van der Waals surface area (Å²) in [5.74, 6) is -0.168. The Morgan fingerprint density at radius 3 is 2.72 bits per heavy atom. The molecule has 1 aliphatic rings. The molecule has 0 aliphatic heterocycles. The van der Waals surface area contributed by atoms with Crippen LogP contribution in [-0.4, -0.2) is 26.1 Å². The third kappa shape index (κ3) is 2.40. The van der Waals surface area contributed by atoms with Gasteiger partial charge in [-0.25, -0.2) is 9.48 Å². The van der Waals surface area contributed by atoms with E-state index in [9.17, 15) is 4.79 Å². The Morgan fingerprint density at radius 1 is 1.44 bits per heavy atom. The van der Waals surface area contributed by atoms with E-state index >= 15 is 0 Å². The van der Waals surface area contributed by atoms with Gasteiger partial charge in [0.2, 0.25) is 0 Å². The Bertz CT molecular complexity index is 439. The summed E-state index contributed by atoms with van der Waals surface area (Å²) < 4.78 is 1.86. The van der Waals surface area contributed by atoms with Gasteiger partial charge in [-0.1, -0.05) is 38.8 Å². The van der Waals surface area contributed by atoms with Crippen molar-refractivity contribution < 1.29 is 9.90 Å². The van der Waals surface area contributed by atoms with Gasteiger partial charge in [-0.2, -0.15) is 0 Å². The highest BCUT2D eigenvalue weighted by Gasteiger charge is 2.28. The molecule has 1 aromatic rings. The highest BCUT2D eigenvalue weighted by Crippen LogP contribution is 2.34. The Hall–Kier alpha value is -1.39. The normalized spacial score (nSPS) is 24.4. The van der Waals surface area contributed by atoms with E-state index in [4.69, 9.17) is 5.11 Å². The minimum Gasteiger partial charge on any atom is -0.476 e. The second kappa shape index (κ2) is 5.08. The van der Waals surface area contributed by atoms with Crippen LogP contribution in [0.25, 0.3) is 0 Å². The largest absolute Gasteiger partial charge is 0.476 e. The second-order valence-electron chi connectivity index (χ2n) is 5.65. The summed E-state index contributed by atoms with van der Waals surface area (Å²) in [6, 6.07) is 0.312. The number of hydrogen-bond acceptors (Lipinski definition) is 3. The molecule has 1 saturated carbocycles. The molecule has 18 heavy (non-hydrogen) atoms. The highest BCUT2D eigenvalue weighted by molar-refractivity contribution is 5.86. The standard InChI is InChI=1S/C13H21N3O2/c1-8(2)12-11(13(17)18)14-15-16(12)10-6-4-5-9(3)7-10/h8-10H,4-7H2,1-3H3,(H,17,18). The molecule has 0 bridgehead atoms. The van der Waals surface area contributed by atoms with Crippen LogP contribution in [0.15, 0.2) is 0 Å². The van der Waals surface area contributed by atoms with Gasteiger partial charge in [0, 0.05) is 0 Å². The molecule has 0 aromatic carbocycles. The third-order valence-corrected chi connectivity index (χ3v) is 3.73. The van der Waals surface area contributed by atoms with Gasteiger partial charge in [-0.3, -0.25) is 0 Å². The van der Waals surface area contributed by atoms with E-state index in [1.807, 2.05) is 18.5 Å². The number of carbonyl (C=O) groups is 1. The molecule has 2 atom stereocenters. The van der Waals surface area contributed by atoms with Crippen LogP contribution in [0.4, 0.5) is 0 Å². The molecule has 2 rings (SSSR count). The topological polar surface area (TPSA) is 68.0 Å². The third-order valence-electron chi connectivity index (χ3n) is 3.73. The summed E-state index contributed by atoms with van der Waals surface area (Å²) in [5.41, 5.74) is 0.879. The molecule has 0 radical (unpaired) electrons. The number of aromatic nitrogens is 3. The molecule has 5 heteroatoms. The van der Waals surface area contributed by atoms with Crippen LogP contribution < -0.4 is 0 Å². The van der Waals surface area contributed by atoms with Crippen molar-refractivity contribution in [2.24, 2.45) is 5.92 Å². The van der Waals surface area contributed by atoms with Crippen molar-refractivity contribution in [3.8, 4) is 0 Å². The molecule has 1 aromatic heterocycles. The monoisotopic (exact) mass is 251 g/mol. The molecule has 1 N–H and O–H groups in total. The van der Waals surface area contributed by atoms with E-state index in [1.54, 1.807) is 0 Å². The molecule has 2 unspecified atom stereocenters. The molecule has 0 amide bonds. The van der Waals surface area contributed by atoms with Gasteiger partial charge in [0.25, 0.3) is 0 Å². The summed E-state index contributed by atoms with van der Waals surface area (Å²) in [6.07, 6.45) is 4.59. The predicted octanol–water partition coefficient (Wildman–Crippen LogP) is 2.85. The molecule has 1 heterocycles. The lowest BCUT2D eigenvalue weighted by Crippen LogP contribution is -2.21. The minimum atomic E-state index is -0.978. The molecule has 1 aliphatic carbocycles. The average molecular weight is 251 g/mol. The first kappa shape index (κ1) is 13.1. The van der Waals surface area contributed by atoms with E-state index in [1.165, 1.54) is 12.8 Å². The Kier molecular flexibility index (Phi) is 3.68. The zero-order valence-electron chi connectivity index (χ0n) is 11.3. The summed E-state index contributed by atoms with van der Waals surface area (Å²) in [7, 11) is 0. The van der Waals surface area contributed by atoms with E-state index < -0.39 is 5.97 Å². The zero-order chi connectivity index (χ0) is 13.3. The Morgan fingerprint density at radius 2 is 2.17 bits per heavy atom. The van der Waals surface area contributed by atoms with Crippen molar-refractivity contribution in [1.82, 2.24) is 15.0 Å². The molecule has 5 nitrogen and oxygen atoms in total. The maximum absolute atomic E-state index is 11.2. The fourth-order valence-electron chi connectivity index (χ4n) is 2.89. The first-order chi connectivity index (χ1) is 8.50. The average Bonchev–Trinajstić information content (AvgIpc) is 2.73. The summed E-state index contributed by atoms with van der Waals surface area (Å²) in [4.78, 5) is 11.2. The SMILES string of the molecule is CC1CCCC(n2nnc(C(=O)O)c2C(C)C)C1. The van der Waals surface area contributed by atoms with Crippen molar-refractivity contribution in [2.75, 3.05) is 0 Å². The molecule has 0 spiro atoms. The zero-order valence-corrected chi connectivity index (χ0v) is 11.3. The fourth-order valence-corrected chi connectivity index (χ4v) is 2.89. The van der Waals surface area contributed by atoms with Crippen molar-refractivity contribution in [3.05, 3.63) is 11.4 Å². The maximum Gasteiger partial charge on any atom is 0.358 e. The molecule has 100 valence electrons. The van der Waals surface area contributed by atoms with Gasteiger partial charge in [0.1, 0.15) is 0 Å². The number of carboxylic acid groups (broad SMARTS) is 1. The van der Waals surface area contributed by atoms with E-state index in [-0.39, 0.29) is 11.6 Å². The van der Waals surface area contributed by atoms with Crippen LogP contribution in [0, 0.1) is 5.92 Å². The van der Waals surface area contributed by atoms with Crippen molar-refractivity contribution in [2.45, 2.75) is 58.4 Å². The number of rotatable bonds is 3. The van der Waals surface area contributed by atoms with Gasteiger partial charge in [0.05, 0.1) is 11.7 Å². The lowest BCUT2D eigenvalue weighted by atomic mass is 9.87. The quantitative estimate of drug-likeness (QED) is 0.896. The van der Waals surface area contributed by atoms with Crippen LogP contribution in [0.2, 0.25) is 0 Å². The summed E-state index contributed by atoms with van der Waals surface area (Å²) >= 11 is 0. The molecular formula is C13H21N3O2. The highest BCUT2D eigenvalue weighted by atomic mass is 16.4. The van der Waals surface area contributed by atoms with Gasteiger partial charge in [-0.05, 0) is 24.7 Å². The molecular weight excluding hydrogens is 230 g/mol. The predicted molar refractivity (Wildman–Crippen MR) is 67.7 cm³/mol.